The van der Waals surface area contributed by atoms with E-state index in [9.17, 15) is 5.11 Å². The lowest BCUT2D eigenvalue weighted by Gasteiger charge is -2.24. The van der Waals surface area contributed by atoms with Crippen molar-refractivity contribution >= 4 is 0 Å². The Hall–Kier alpha value is -0.860. The van der Waals surface area contributed by atoms with Crippen molar-refractivity contribution in [1.29, 1.82) is 0 Å². The molecule has 2 heteroatoms. The Morgan fingerprint density at radius 1 is 1.20 bits per heavy atom. The topological polar surface area (TPSA) is 32.3 Å². The van der Waals surface area contributed by atoms with Gasteiger partial charge in [0, 0.05) is 6.54 Å². The van der Waals surface area contributed by atoms with Gasteiger partial charge in [0.25, 0.3) is 0 Å². The van der Waals surface area contributed by atoms with E-state index in [0.717, 1.165) is 12.1 Å². The van der Waals surface area contributed by atoms with Gasteiger partial charge in [-0.25, -0.2) is 0 Å². The van der Waals surface area contributed by atoms with E-state index in [4.69, 9.17) is 0 Å². The van der Waals surface area contributed by atoms with Crippen LogP contribution in [0.4, 0.5) is 0 Å². The Kier molecular flexibility index (Phi) is 4.30. The van der Waals surface area contributed by atoms with Gasteiger partial charge in [-0.15, -0.1) is 0 Å². The van der Waals surface area contributed by atoms with E-state index in [2.05, 4.69) is 26.1 Å². The van der Waals surface area contributed by atoms with Crippen LogP contribution in [0.1, 0.15) is 32.4 Å². The fourth-order valence-corrected chi connectivity index (χ4v) is 1.40. The number of benzene rings is 1. The molecule has 0 saturated heterocycles. The average Bonchev–Trinajstić information content (AvgIpc) is 2.19. The lowest BCUT2D eigenvalue weighted by atomic mass is 9.96. The van der Waals surface area contributed by atoms with Crippen LogP contribution in [0.15, 0.2) is 30.3 Å². The minimum Gasteiger partial charge on any atom is -0.394 e. The molecule has 1 atom stereocenters. The molecule has 2 N–H and O–H groups in total. The molecule has 0 aliphatic rings. The van der Waals surface area contributed by atoms with Gasteiger partial charge in [0.2, 0.25) is 0 Å². The monoisotopic (exact) mass is 207 g/mol. The maximum Gasteiger partial charge on any atom is 0.0626 e. The highest BCUT2D eigenvalue weighted by atomic mass is 16.3. The zero-order valence-corrected chi connectivity index (χ0v) is 9.83. The Balaban J connectivity index is 2.58. The van der Waals surface area contributed by atoms with Gasteiger partial charge >= 0.3 is 0 Å². The first-order valence-corrected chi connectivity index (χ1v) is 5.42. The van der Waals surface area contributed by atoms with Crippen molar-refractivity contribution in [3.8, 4) is 0 Å². The molecule has 0 unspecified atom stereocenters. The van der Waals surface area contributed by atoms with Gasteiger partial charge in [0.1, 0.15) is 0 Å². The molecule has 2 nitrogen and oxygen atoms in total. The third-order valence-corrected chi connectivity index (χ3v) is 2.26. The molecule has 1 rings (SSSR count). The zero-order chi connectivity index (χ0) is 11.3. The Morgan fingerprint density at radius 3 is 2.27 bits per heavy atom. The van der Waals surface area contributed by atoms with Crippen LogP contribution in [0, 0.1) is 5.41 Å². The number of nitrogens with one attached hydrogen (secondary N) is 1. The van der Waals surface area contributed by atoms with Crippen molar-refractivity contribution in [3.63, 3.8) is 0 Å². The van der Waals surface area contributed by atoms with E-state index in [-0.39, 0.29) is 18.1 Å². The highest BCUT2D eigenvalue weighted by Crippen LogP contribution is 2.16. The minimum absolute atomic E-state index is 0.0467. The fourth-order valence-electron chi connectivity index (χ4n) is 1.40. The molecule has 0 heterocycles. The number of hydrogen-bond donors (Lipinski definition) is 2. The predicted octanol–water partition coefficient (Wildman–Crippen LogP) is 2.36. The van der Waals surface area contributed by atoms with Gasteiger partial charge in [0.05, 0.1) is 12.6 Å². The molecule has 0 amide bonds. The highest BCUT2D eigenvalue weighted by molar-refractivity contribution is 5.18. The summed E-state index contributed by atoms with van der Waals surface area (Å²) in [5.74, 6) is 0. The van der Waals surface area contributed by atoms with E-state index in [0.29, 0.717) is 0 Å². The molecule has 1 aromatic carbocycles. The largest absolute Gasteiger partial charge is 0.394 e. The van der Waals surface area contributed by atoms with Crippen LogP contribution in [0.25, 0.3) is 0 Å². The van der Waals surface area contributed by atoms with Crippen molar-refractivity contribution in [2.75, 3.05) is 13.2 Å². The first kappa shape index (κ1) is 12.2. The van der Waals surface area contributed by atoms with E-state index in [1.54, 1.807) is 0 Å². The molecule has 0 fully saturated rings. The molecular weight excluding hydrogens is 186 g/mol. The molecule has 15 heavy (non-hydrogen) atoms. The predicted molar refractivity (Wildman–Crippen MR) is 63.7 cm³/mol. The molecule has 1 aromatic rings. The summed E-state index contributed by atoms with van der Waals surface area (Å²) in [6, 6.07) is 10.1. The van der Waals surface area contributed by atoms with Crippen molar-refractivity contribution in [2.24, 2.45) is 5.41 Å². The maximum atomic E-state index is 9.31. The minimum atomic E-state index is 0.0467. The van der Waals surface area contributed by atoms with E-state index >= 15 is 0 Å². The van der Waals surface area contributed by atoms with E-state index < -0.39 is 0 Å². The van der Waals surface area contributed by atoms with Gasteiger partial charge in [-0.1, -0.05) is 51.1 Å². The normalized spacial score (nSPS) is 13.9. The molecule has 0 spiro atoms. The van der Waals surface area contributed by atoms with Crippen LogP contribution >= 0.6 is 0 Å². The first-order chi connectivity index (χ1) is 7.03. The Bertz CT molecular complexity index is 276. The smallest absolute Gasteiger partial charge is 0.0626 e. The van der Waals surface area contributed by atoms with Gasteiger partial charge in [0.15, 0.2) is 0 Å². The summed E-state index contributed by atoms with van der Waals surface area (Å²) in [5.41, 5.74) is 1.38. The molecule has 0 radical (unpaired) electrons. The van der Waals surface area contributed by atoms with Gasteiger partial charge in [-0.3, -0.25) is 0 Å². The van der Waals surface area contributed by atoms with Crippen LogP contribution in [-0.2, 0) is 0 Å². The highest BCUT2D eigenvalue weighted by Gasteiger charge is 2.14. The van der Waals surface area contributed by atoms with Crippen LogP contribution in [0.3, 0.4) is 0 Å². The first-order valence-electron chi connectivity index (χ1n) is 5.42. The van der Waals surface area contributed by atoms with Gasteiger partial charge in [-0.2, -0.15) is 0 Å². The second-order valence-corrected chi connectivity index (χ2v) is 5.09. The molecule has 84 valence electrons. The van der Waals surface area contributed by atoms with Crippen molar-refractivity contribution < 1.29 is 5.11 Å². The summed E-state index contributed by atoms with van der Waals surface area (Å²) in [6.45, 7) is 7.57. The van der Waals surface area contributed by atoms with E-state index in [1.165, 1.54) is 0 Å². The van der Waals surface area contributed by atoms with E-state index in [1.807, 2.05) is 30.3 Å². The zero-order valence-electron chi connectivity index (χ0n) is 9.83. The van der Waals surface area contributed by atoms with Crippen LogP contribution < -0.4 is 5.32 Å². The fraction of sp³-hybridized carbons (Fsp3) is 0.538. The SMILES string of the molecule is CC(C)(C)CN[C@@H](CO)c1ccccc1. The standard InChI is InChI=1S/C13H21NO/c1-13(2,3)10-14-12(9-15)11-7-5-4-6-8-11/h4-8,12,14-15H,9-10H2,1-3H3/t12-/m0/s1. The quantitative estimate of drug-likeness (QED) is 0.794. The number of aliphatic hydroxyl groups excluding tert-OH is 1. The van der Waals surface area contributed by atoms with Crippen LogP contribution in [0.2, 0.25) is 0 Å². The molecule has 0 saturated carbocycles. The van der Waals surface area contributed by atoms with Crippen molar-refractivity contribution in [1.82, 2.24) is 5.32 Å². The second-order valence-electron chi connectivity index (χ2n) is 5.09. The summed E-state index contributed by atoms with van der Waals surface area (Å²) in [7, 11) is 0. The lowest BCUT2D eigenvalue weighted by Crippen LogP contribution is -2.32. The lowest BCUT2D eigenvalue weighted by molar-refractivity contribution is 0.229. The summed E-state index contributed by atoms with van der Waals surface area (Å²) in [4.78, 5) is 0. The summed E-state index contributed by atoms with van der Waals surface area (Å²) in [5, 5.41) is 12.7. The molecule has 0 aliphatic carbocycles. The molecule has 0 aliphatic heterocycles. The second kappa shape index (κ2) is 5.29. The number of rotatable bonds is 4. The van der Waals surface area contributed by atoms with Gasteiger partial charge < -0.3 is 10.4 Å². The van der Waals surface area contributed by atoms with Crippen molar-refractivity contribution in [2.45, 2.75) is 26.8 Å². The van der Waals surface area contributed by atoms with Crippen LogP contribution in [-0.4, -0.2) is 18.3 Å². The molecule has 0 aromatic heterocycles. The Morgan fingerprint density at radius 2 is 1.80 bits per heavy atom. The molecular formula is C13H21NO. The average molecular weight is 207 g/mol. The number of aliphatic hydroxyl groups is 1. The summed E-state index contributed by atoms with van der Waals surface area (Å²) < 4.78 is 0. The maximum absolute atomic E-state index is 9.31. The number of hydrogen-bond acceptors (Lipinski definition) is 2. The summed E-state index contributed by atoms with van der Waals surface area (Å²) in [6.07, 6.45) is 0. The van der Waals surface area contributed by atoms with Crippen molar-refractivity contribution in [3.05, 3.63) is 35.9 Å². The third kappa shape index (κ3) is 4.45. The van der Waals surface area contributed by atoms with Gasteiger partial charge in [-0.05, 0) is 11.0 Å². The van der Waals surface area contributed by atoms with Crippen LogP contribution in [0.5, 0.6) is 0 Å². The Labute approximate surface area is 92.3 Å². The third-order valence-electron chi connectivity index (χ3n) is 2.26. The summed E-state index contributed by atoms with van der Waals surface area (Å²) >= 11 is 0. The molecule has 0 bridgehead atoms.